The molecule has 1 heterocycles. The molecule has 13 heavy (non-hydrogen) atoms. The normalized spacial score (nSPS) is 11.0. The molecular formula is C7H4F3N3. The van der Waals surface area contributed by atoms with Crippen LogP contribution in [0, 0.1) is 18.3 Å². The third-order valence-corrected chi connectivity index (χ3v) is 1.33. The van der Waals surface area contributed by atoms with Crippen molar-refractivity contribution in [3.8, 4) is 6.07 Å². The molecule has 3 nitrogen and oxygen atoms in total. The summed E-state index contributed by atoms with van der Waals surface area (Å²) < 4.78 is 36.6. The van der Waals surface area contributed by atoms with E-state index in [9.17, 15) is 13.2 Å². The van der Waals surface area contributed by atoms with Gasteiger partial charge in [0.2, 0.25) is 0 Å². The molecular weight excluding hydrogens is 183 g/mol. The van der Waals surface area contributed by atoms with Gasteiger partial charge in [-0.05, 0) is 13.0 Å². The van der Waals surface area contributed by atoms with Crippen molar-refractivity contribution in [3.05, 3.63) is 23.0 Å². The molecule has 1 aromatic heterocycles. The average molecular weight is 187 g/mol. The molecule has 0 atom stereocenters. The van der Waals surface area contributed by atoms with E-state index >= 15 is 0 Å². The highest BCUT2D eigenvalue weighted by molar-refractivity contribution is 5.32. The van der Waals surface area contributed by atoms with E-state index in [-0.39, 0.29) is 5.69 Å². The quantitative estimate of drug-likeness (QED) is 0.620. The van der Waals surface area contributed by atoms with Crippen molar-refractivity contribution in [1.29, 1.82) is 5.26 Å². The fraction of sp³-hybridized carbons (Fsp3) is 0.286. The minimum absolute atomic E-state index is 0.131. The number of aromatic nitrogens is 2. The summed E-state index contributed by atoms with van der Waals surface area (Å²) in [4.78, 5) is 0. The molecule has 68 valence electrons. The number of halogens is 3. The molecule has 0 bridgehead atoms. The van der Waals surface area contributed by atoms with Gasteiger partial charge in [-0.3, -0.25) is 0 Å². The Morgan fingerprint density at radius 1 is 1.38 bits per heavy atom. The molecule has 0 saturated heterocycles. The van der Waals surface area contributed by atoms with E-state index in [1.165, 1.54) is 13.0 Å². The monoisotopic (exact) mass is 187 g/mol. The van der Waals surface area contributed by atoms with Gasteiger partial charge in [-0.25, -0.2) is 0 Å². The number of hydrogen-bond acceptors (Lipinski definition) is 3. The summed E-state index contributed by atoms with van der Waals surface area (Å²) in [5.41, 5.74) is -1.60. The Balaban J connectivity index is 3.35. The summed E-state index contributed by atoms with van der Waals surface area (Å²) in [5, 5.41) is 14.8. The van der Waals surface area contributed by atoms with E-state index in [0.717, 1.165) is 6.07 Å². The first-order valence-electron chi connectivity index (χ1n) is 3.27. The molecule has 0 aromatic carbocycles. The van der Waals surface area contributed by atoms with Gasteiger partial charge in [-0.2, -0.15) is 23.5 Å². The average Bonchev–Trinajstić information content (AvgIpc) is 2.03. The lowest BCUT2D eigenvalue weighted by atomic mass is 10.2. The Labute approximate surface area is 71.8 Å². The highest BCUT2D eigenvalue weighted by Gasteiger charge is 2.34. The van der Waals surface area contributed by atoms with Crippen LogP contribution < -0.4 is 0 Å². The van der Waals surface area contributed by atoms with Crippen LogP contribution in [0.25, 0.3) is 0 Å². The molecule has 6 heteroatoms. The van der Waals surface area contributed by atoms with Gasteiger partial charge in [0, 0.05) is 0 Å². The molecule has 0 unspecified atom stereocenters. The maximum Gasteiger partial charge on any atom is 0.419 e. The molecule has 0 aliphatic carbocycles. The number of rotatable bonds is 0. The maximum atomic E-state index is 12.2. The lowest BCUT2D eigenvalue weighted by Crippen LogP contribution is -2.10. The van der Waals surface area contributed by atoms with Crippen LogP contribution in [0.2, 0.25) is 0 Å². The van der Waals surface area contributed by atoms with E-state index in [1.54, 1.807) is 0 Å². The maximum absolute atomic E-state index is 12.2. The molecule has 0 aliphatic heterocycles. The first-order chi connectivity index (χ1) is 5.95. The van der Waals surface area contributed by atoms with Crippen molar-refractivity contribution < 1.29 is 13.2 Å². The van der Waals surface area contributed by atoms with Crippen LogP contribution in [0.4, 0.5) is 13.2 Å². The van der Waals surface area contributed by atoms with Crippen LogP contribution in [0.15, 0.2) is 6.07 Å². The molecule has 0 fully saturated rings. The third-order valence-electron chi connectivity index (χ3n) is 1.33. The van der Waals surface area contributed by atoms with Gasteiger partial charge in [0.15, 0.2) is 5.69 Å². The third kappa shape index (κ3) is 1.93. The Kier molecular flexibility index (Phi) is 2.19. The lowest BCUT2D eigenvalue weighted by molar-refractivity contribution is -0.138. The van der Waals surface area contributed by atoms with Gasteiger partial charge in [0.25, 0.3) is 0 Å². The molecule has 0 amide bonds. The van der Waals surface area contributed by atoms with Gasteiger partial charge < -0.3 is 0 Å². The van der Waals surface area contributed by atoms with E-state index in [0.29, 0.717) is 0 Å². The topological polar surface area (TPSA) is 49.6 Å². The fourth-order valence-electron chi connectivity index (χ4n) is 0.788. The number of aryl methyl sites for hydroxylation is 1. The summed E-state index contributed by atoms with van der Waals surface area (Å²) in [6.45, 7) is 1.38. The minimum atomic E-state index is -4.55. The number of hydrogen-bond donors (Lipinski definition) is 0. The summed E-state index contributed by atoms with van der Waals surface area (Å²) in [6.07, 6.45) is -4.55. The highest BCUT2D eigenvalue weighted by atomic mass is 19.4. The first kappa shape index (κ1) is 9.45. The zero-order valence-corrected chi connectivity index (χ0v) is 6.55. The van der Waals surface area contributed by atoms with Crippen LogP contribution in [0.5, 0.6) is 0 Å². The smallest absolute Gasteiger partial charge is 0.191 e. The summed E-state index contributed by atoms with van der Waals surface area (Å²) in [7, 11) is 0. The van der Waals surface area contributed by atoms with Crippen LogP contribution >= 0.6 is 0 Å². The predicted octanol–water partition coefficient (Wildman–Crippen LogP) is 1.68. The van der Waals surface area contributed by atoms with E-state index < -0.39 is 17.4 Å². The zero-order valence-electron chi connectivity index (χ0n) is 6.55. The van der Waals surface area contributed by atoms with E-state index in [4.69, 9.17) is 5.26 Å². The van der Waals surface area contributed by atoms with Gasteiger partial charge in [-0.1, -0.05) is 0 Å². The molecule has 1 rings (SSSR count). The summed E-state index contributed by atoms with van der Waals surface area (Å²) >= 11 is 0. The van der Waals surface area contributed by atoms with Crippen molar-refractivity contribution in [2.75, 3.05) is 0 Å². The zero-order chi connectivity index (χ0) is 10.1. The molecule has 0 radical (unpaired) electrons. The minimum Gasteiger partial charge on any atom is -0.191 e. The van der Waals surface area contributed by atoms with Gasteiger partial charge in [0.1, 0.15) is 6.07 Å². The molecule has 0 spiro atoms. The Morgan fingerprint density at radius 2 is 2.00 bits per heavy atom. The highest BCUT2D eigenvalue weighted by Crippen LogP contribution is 2.30. The molecule has 0 N–H and O–H groups in total. The van der Waals surface area contributed by atoms with E-state index in [1.807, 2.05) is 0 Å². The SMILES string of the molecule is Cc1cc(C(F)(F)F)c(C#N)nn1. The van der Waals surface area contributed by atoms with Crippen molar-refractivity contribution in [3.63, 3.8) is 0 Å². The first-order valence-corrected chi connectivity index (χ1v) is 3.27. The summed E-state index contributed by atoms with van der Waals surface area (Å²) in [5.74, 6) is 0. The van der Waals surface area contributed by atoms with Gasteiger partial charge >= 0.3 is 6.18 Å². The summed E-state index contributed by atoms with van der Waals surface area (Å²) in [6, 6.07) is 2.13. The van der Waals surface area contributed by atoms with E-state index in [2.05, 4.69) is 10.2 Å². The number of nitriles is 1. The van der Waals surface area contributed by atoms with Gasteiger partial charge in [0.05, 0.1) is 11.3 Å². The van der Waals surface area contributed by atoms with Crippen LogP contribution in [0.3, 0.4) is 0 Å². The van der Waals surface area contributed by atoms with Crippen molar-refractivity contribution >= 4 is 0 Å². The fourth-order valence-corrected chi connectivity index (χ4v) is 0.788. The van der Waals surface area contributed by atoms with Gasteiger partial charge in [-0.15, -0.1) is 5.10 Å². The predicted molar refractivity (Wildman–Crippen MR) is 36.5 cm³/mol. The molecule has 0 aliphatic rings. The number of alkyl halides is 3. The lowest BCUT2D eigenvalue weighted by Gasteiger charge is -2.06. The van der Waals surface area contributed by atoms with Crippen LogP contribution in [0.1, 0.15) is 17.0 Å². The molecule has 1 aromatic rings. The Morgan fingerprint density at radius 3 is 2.46 bits per heavy atom. The van der Waals surface area contributed by atoms with Crippen molar-refractivity contribution in [1.82, 2.24) is 10.2 Å². The molecule has 0 saturated carbocycles. The standard InChI is InChI=1S/C7H4F3N3/c1-4-2-5(7(8,9)10)6(3-11)13-12-4/h2H,1H3. The largest absolute Gasteiger partial charge is 0.419 e. The van der Waals surface area contributed by atoms with Crippen LogP contribution in [-0.4, -0.2) is 10.2 Å². The second-order valence-corrected chi connectivity index (χ2v) is 2.36. The number of nitrogens with zero attached hydrogens (tertiary/aromatic N) is 3. The second kappa shape index (κ2) is 3.01. The van der Waals surface area contributed by atoms with Crippen LogP contribution in [-0.2, 0) is 6.18 Å². The Hall–Kier alpha value is -1.64. The Bertz CT molecular complexity index is 364. The van der Waals surface area contributed by atoms with Crippen molar-refractivity contribution in [2.45, 2.75) is 13.1 Å². The second-order valence-electron chi connectivity index (χ2n) is 2.36. The van der Waals surface area contributed by atoms with Crippen molar-refractivity contribution in [2.24, 2.45) is 0 Å².